The minimum absolute atomic E-state index is 0.258. The third kappa shape index (κ3) is 4.12. The molecule has 1 atom stereocenters. The van der Waals surface area contributed by atoms with Crippen molar-refractivity contribution >= 4 is 11.7 Å². The van der Waals surface area contributed by atoms with Crippen molar-refractivity contribution in [3.63, 3.8) is 0 Å². The fraction of sp³-hybridized carbons (Fsp3) is 0.200. The molecule has 7 nitrogen and oxygen atoms in total. The number of ether oxygens (including phenoxy) is 1. The molecule has 0 bridgehead atoms. The van der Waals surface area contributed by atoms with Crippen molar-refractivity contribution in [1.82, 2.24) is 14.9 Å². The van der Waals surface area contributed by atoms with Gasteiger partial charge in [0, 0.05) is 0 Å². The first-order chi connectivity index (χ1) is 13.1. The SMILES string of the molecule is COC(=O)C(C)c1ccc(CN(c2ccc(C#N)cc2)n2cnnc2)cc1. The summed E-state index contributed by atoms with van der Waals surface area (Å²) in [5.41, 5.74) is 3.46. The topological polar surface area (TPSA) is 84.0 Å². The van der Waals surface area contributed by atoms with E-state index in [1.807, 2.05) is 48.3 Å². The molecule has 0 fully saturated rings. The van der Waals surface area contributed by atoms with E-state index in [0.717, 1.165) is 16.8 Å². The monoisotopic (exact) mass is 361 g/mol. The Kier molecular flexibility index (Phi) is 5.47. The summed E-state index contributed by atoms with van der Waals surface area (Å²) in [5, 5.41) is 18.7. The normalized spacial score (nSPS) is 11.4. The Hall–Kier alpha value is -3.66. The van der Waals surface area contributed by atoms with Gasteiger partial charge in [-0.2, -0.15) is 5.26 Å². The lowest BCUT2D eigenvalue weighted by atomic mass is 10.00. The number of methoxy groups -OCH3 is 1. The lowest BCUT2D eigenvalue weighted by Gasteiger charge is -2.25. The summed E-state index contributed by atoms with van der Waals surface area (Å²) in [6.45, 7) is 2.39. The van der Waals surface area contributed by atoms with Crippen LogP contribution in [-0.4, -0.2) is 28.0 Å². The van der Waals surface area contributed by atoms with Crippen molar-refractivity contribution in [2.75, 3.05) is 12.1 Å². The molecule has 0 N–H and O–H groups in total. The smallest absolute Gasteiger partial charge is 0.312 e. The van der Waals surface area contributed by atoms with Crippen molar-refractivity contribution in [2.24, 2.45) is 0 Å². The molecule has 0 amide bonds. The molecule has 0 saturated carbocycles. The largest absolute Gasteiger partial charge is 0.469 e. The number of benzene rings is 2. The molecular weight excluding hydrogens is 342 g/mol. The second-order valence-corrected chi connectivity index (χ2v) is 6.04. The number of nitrogens with zero attached hydrogens (tertiary/aromatic N) is 5. The van der Waals surface area contributed by atoms with Crippen LogP contribution in [0.15, 0.2) is 61.2 Å². The average Bonchev–Trinajstić information content (AvgIpc) is 3.26. The van der Waals surface area contributed by atoms with Gasteiger partial charge in [-0.15, -0.1) is 10.2 Å². The number of esters is 1. The van der Waals surface area contributed by atoms with Crippen LogP contribution < -0.4 is 5.01 Å². The summed E-state index contributed by atoms with van der Waals surface area (Å²) in [4.78, 5) is 11.7. The summed E-state index contributed by atoms with van der Waals surface area (Å²) in [6, 6.07) is 17.3. The maximum atomic E-state index is 11.7. The van der Waals surface area contributed by atoms with Crippen LogP contribution in [0.4, 0.5) is 5.69 Å². The summed E-state index contributed by atoms with van der Waals surface area (Å²) in [7, 11) is 1.39. The fourth-order valence-electron chi connectivity index (χ4n) is 2.73. The van der Waals surface area contributed by atoms with Gasteiger partial charge in [0.2, 0.25) is 0 Å². The van der Waals surface area contributed by atoms with Crippen molar-refractivity contribution in [2.45, 2.75) is 19.4 Å². The van der Waals surface area contributed by atoms with Gasteiger partial charge >= 0.3 is 5.97 Å². The van der Waals surface area contributed by atoms with Crippen LogP contribution in [0.2, 0.25) is 0 Å². The van der Waals surface area contributed by atoms with Gasteiger partial charge in [-0.3, -0.25) is 9.80 Å². The van der Waals surface area contributed by atoms with E-state index in [2.05, 4.69) is 16.3 Å². The van der Waals surface area contributed by atoms with Crippen LogP contribution in [0.5, 0.6) is 0 Å². The van der Waals surface area contributed by atoms with Gasteiger partial charge in [0.25, 0.3) is 0 Å². The number of nitriles is 1. The zero-order valence-corrected chi connectivity index (χ0v) is 15.1. The van der Waals surface area contributed by atoms with Gasteiger partial charge in [-0.25, -0.2) is 4.68 Å². The molecule has 0 spiro atoms. The number of hydrogen-bond donors (Lipinski definition) is 0. The molecule has 136 valence electrons. The highest BCUT2D eigenvalue weighted by Crippen LogP contribution is 2.21. The van der Waals surface area contributed by atoms with Crippen molar-refractivity contribution < 1.29 is 9.53 Å². The molecule has 27 heavy (non-hydrogen) atoms. The standard InChI is InChI=1S/C20H19N5O2/c1-15(20(26)27-2)18-7-3-17(4-8-18)12-25(24-13-22-23-14-24)19-9-5-16(11-21)6-10-19/h3-10,13-15H,12H2,1-2H3. The van der Waals surface area contributed by atoms with Crippen molar-refractivity contribution in [3.05, 3.63) is 77.9 Å². The molecule has 0 saturated heterocycles. The van der Waals surface area contributed by atoms with Crippen LogP contribution >= 0.6 is 0 Å². The Labute approximate surface area is 157 Å². The Morgan fingerprint density at radius 1 is 1.15 bits per heavy atom. The third-order valence-electron chi connectivity index (χ3n) is 4.35. The first kappa shape index (κ1) is 18.1. The van der Waals surface area contributed by atoms with Gasteiger partial charge in [-0.05, 0) is 42.3 Å². The van der Waals surface area contributed by atoms with E-state index in [4.69, 9.17) is 10.00 Å². The van der Waals surface area contributed by atoms with E-state index in [1.54, 1.807) is 29.5 Å². The molecule has 2 aromatic carbocycles. The highest BCUT2D eigenvalue weighted by atomic mass is 16.5. The second kappa shape index (κ2) is 8.15. The van der Waals surface area contributed by atoms with Crippen molar-refractivity contribution in [1.29, 1.82) is 5.26 Å². The highest BCUT2D eigenvalue weighted by Gasteiger charge is 2.16. The van der Waals surface area contributed by atoms with Crippen LogP contribution in [0.25, 0.3) is 0 Å². The molecule has 3 rings (SSSR count). The van der Waals surface area contributed by atoms with Gasteiger partial charge in [0.1, 0.15) is 12.7 Å². The molecule has 0 aliphatic carbocycles. The lowest BCUT2D eigenvalue weighted by molar-refractivity contribution is -0.141. The summed E-state index contributed by atoms with van der Waals surface area (Å²) in [6.07, 6.45) is 3.23. The average molecular weight is 361 g/mol. The molecule has 7 heteroatoms. The molecule has 3 aromatic rings. The number of aromatic nitrogens is 3. The van der Waals surface area contributed by atoms with Crippen LogP contribution in [0.1, 0.15) is 29.5 Å². The zero-order valence-electron chi connectivity index (χ0n) is 15.1. The third-order valence-corrected chi connectivity index (χ3v) is 4.35. The Morgan fingerprint density at radius 2 is 1.78 bits per heavy atom. The van der Waals surface area contributed by atoms with Crippen LogP contribution in [0.3, 0.4) is 0 Å². The first-order valence-electron chi connectivity index (χ1n) is 8.41. The van der Waals surface area contributed by atoms with Gasteiger partial charge in [0.15, 0.2) is 0 Å². The molecule has 0 radical (unpaired) electrons. The number of hydrogen-bond acceptors (Lipinski definition) is 6. The minimum atomic E-state index is -0.309. The quantitative estimate of drug-likeness (QED) is 0.628. The Balaban J connectivity index is 1.84. The zero-order chi connectivity index (χ0) is 19.2. The predicted molar refractivity (Wildman–Crippen MR) is 99.6 cm³/mol. The van der Waals surface area contributed by atoms with E-state index in [1.165, 1.54) is 7.11 Å². The van der Waals surface area contributed by atoms with Crippen molar-refractivity contribution in [3.8, 4) is 6.07 Å². The summed E-state index contributed by atoms with van der Waals surface area (Å²) < 4.78 is 6.58. The molecule has 1 unspecified atom stereocenters. The van der Waals surface area contributed by atoms with Crippen LogP contribution in [0, 0.1) is 11.3 Å². The van der Waals surface area contributed by atoms with E-state index in [9.17, 15) is 4.79 Å². The van der Waals surface area contributed by atoms with E-state index in [-0.39, 0.29) is 11.9 Å². The molecular formula is C20H19N5O2. The molecule has 1 aromatic heterocycles. The van der Waals surface area contributed by atoms with E-state index in [0.29, 0.717) is 12.1 Å². The number of carbonyl (C=O) groups is 1. The maximum Gasteiger partial charge on any atom is 0.312 e. The Bertz CT molecular complexity index is 928. The molecule has 0 aliphatic rings. The second-order valence-electron chi connectivity index (χ2n) is 6.04. The number of rotatable bonds is 6. The van der Waals surface area contributed by atoms with E-state index >= 15 is 0 Å². The van der Waals surface area contributed by atoms with E-state index < -0.39 is 0 Å². The van der Waals surface area contributed by atoms with Gasteiger partial charge < -0.3 is 4.74 Å². The highest BCUT2D eigenvalue weighted by molar-refractivity contribution is 5.77. The minimum Gasteiger partial charge on any atom is -0.469 e. The first-order valence-corrected chi connectivity index (χ1v) is 8.41. The predicted octanol–water partition coefficient (Wildman–Crippen LogP) is 2.90. The fourth-order valence-corrected chi connectivity index (χ4v) is 2.73. The number of carbonyl (C=O) groups excluding carboxylic acids is 1. The molecule has 1 heterocycles. The molecule has 0 aliphatic heterocycles. The lowest BCUT2D eigenvalue weighted by Crippen LogP contribution is -2.27. The van der Waals surface area contributed by atoms with Crippen LogP contribution in [-0.2, 0) is 16.1 Å². The summed E-state index contributed by atoms with van der Waals surface area (Å²) in [5.74, 6) is -0.567. The van der Waals surface area contributed by atoms with Gasteiger partial charge in [-0.1, -0.05) is 24.3 Å². The maximum absolute atomic E-state index is 11.7. The van der Waals surface area contributed by atoms with Gasteiger partial charge in [0.05, 0.1) is 36.9 Å². The Morgan fingerprint density at radius 3 is 2.33 bits per heavy atom. The summed E-state index contributed by atoms with van der Waals surface area (Å²) >= 11 is 0. The number of anilines is 1.